The van der Waals surface area contributed by atoms with Gasteiger partial charge in [0.25, 0.3) is 5.91 Å². The van der Waals surface area contributed by atoms with Crippen LogP contribution in [0.2, 0.25) is 0 Å². The highest BCUT2D eigenvalue weighted by atomic mass is 32.1. The van der Waals surface area contributed by atoms with Gasteiger partial charge in [0.1, 0.15) is 10.5 Å². The molecule has 1 aromatic heterocycles. The minimum Gasteiger partial charge on any atom is -0.465 e. The lowest BCUT2D eigenvalue weighted by Crippen LogP contribution is -2.44. The maximum Gasteiger partial charge on any atom is 0.341 e. The van der Waals surface area contributed by atoms with E-state index >= 15 is 0 Å². The van der Waals surface area contributed by atoms with Crippen molar-refractivity contribution >= 4 is 40.2 Å². The lowest BCUT2D eigenvalue weighted by atomic mass is 9.98. The minimum atomic E-state index is -0.767. The summed E-state index contributed by atoms with van der Waals surface area (Å²) in [5.74, 6) is -0.998. The third-order valence-corrected chi connectivity index (χ3v) is 7.54. The maximum absolute atomic E-state index is 12.7. The van der Waals surface area contributed by atoms with Crippen molar-refractivity contribution in [2.75, 3.05) is 19.0 Å². The van der Waals surface area contributed by atoms with Crippen molar-refractivity contribution < 1.29 is 23.9 Å². The van der Waals surface area contributed by atoms with Crippen LogP contribution in [0.4, 0.5) is 9.80 Å². The topological polar surface area (TPSA) is 105 Å². The van der Waals surface area contributed by atoms with E-state index in [4.69, 9.17) is 4.74 Å². The van der Waals surface area contributed by atoms with Crippen LogP contribution in [0.5, 0.6) is 0 Å². The van der Waals surface area contributed by atoms with Gasteiger partial charge >= 0.3 is 12.0 Å². The van der Waals surface area contributed by atoms with E-state index in [1.54, 1.807) is 0 Å². The van der Waals surface area contributed by atoms with Crippen molar-refractivity contribution in [3.05, 3.63) is 16.0 Å². The second-order valence-electron chi connectivity index (χ2n) is 8.23. The zero-order valence-electron chi connectivity index (χ0n) is 17.2. The minimum absolute atomic E-state index is 0.0155. The van der Waals surface area contributed by atoms with Crippen molar-refractivity contribution in [2.45, 2.75) is 69.7 Å². The van der Waals surface area contributed by atoms with Gasteiger partial charge in [0.05, 0.1) is 12.7 Å². The maximum atomic E-state index is 12.7. The molecule has 2 heterocycles. The molecule has 2 aliphatic carbocycles. The number of aryl methyl sites for hydroxylation is 1. The summed E-state index contributed by atoms with van der Waals surface area (Å²) in [4.78, 5) is 52.2. The normalized spacial score (nSPS) is 20.1. The molecular formula is C21H27N3O5S. The molecule has 0 unspecified atom stereocenters. The molecule has 3 aliphatic rings. The number of carbonyl (C=O) groups is 4. The fraction of sp³-hybridized carbons (Fsp3) is 0.619. The quantitative estimate of drug-likeness (QED) is 0.422. The van der Waals surface area contributed by atoms with E-state index in [-0.39, 0.29) is 24.8 Å². The number of nitrogens with one attached hydrogen (secondary N) is 2. The second kappa shape index (κ2) is 8.37. The van der Waals surface area contributed by atoms with Crippen LogP contribution >= 0.6 is 11.3 Å². The molecule has 0 aromatic carbocycles. The van der Waals surface area contributed by atoms with Gasteiger partial charge in [0.15, 0.2) is 0 Å². The predicted molar refractivity (Wildman–Crippen MR) is 112 cm³/mol. The average molecular weight is 434 g/mol. The first-order valence-corrected chi connectivity index (χ1v) is 11.4. The summed E-state index contributed by atoms with van der Waals surface area (Å²) in [5.41, 5.74) is 0.668. The number of fused-ring (bicyclic) bond motifs is 1. The van der Waals surface area contributed by atoms with Crippen molar-refractivity contribution in [2.24, 2.45) is 0 Å². The Morgan fingerprint density at radius 1 is 1.13 bits per heavy atom. The second-order valence-corrected chi connectivity index (χ2v) is 9.34. The fourth-order valence-electron chi connectivity index (χ4n) is 4.75. The number of thiophene rings is 1. The predicted octanol–water partition coefficient (Wildman–Crippen LogP) is 3.00. The first-order valence-electron chi connectivity index (χ1n) is 10.6. The Balaban J connectivity index is 1.44. The Labute approximate surface area is 179 Å². The first-order chi connectivity index (χ1) is 14.4. The highest BCUT2D eigenvalue weighted by Crippen LogP contribution is 2.38. The summed E-state index contributed by atoms with van der Waals surface area (Å²) >= 11 is 1.43. The molecular weight excluding hydrogens is 406 g/mol. The van der Waals surface area contributed by atoms with Gasteiger partial charge in [0.2, 0.25) is 5.91 Å². The summed E-state index contributed by atoms with van der Waals surface area (Å²) in [5, 5.41) is 6.15. The number of hydrogen-bond donors (Lipinski definition) is 2. The zero-order chi connectivity index (χ0) is 21.3. The van der Waals surface area contributed by atoms with Gasteiger partial charge in [-0.3, -0.25) is 14.5 Å². The molecule has 8 nitrogen and oxygen atoms in total. The van der Waals surface area contributed by atoms with Crippen molar-refractivity contribution in [1.29, 1.82) is 0 Å². The molecule has 2 fully saturated rings. The highest BCUT2D eigenvalue weighted by molar-refractivity contribution is 7.17. The molecule has 0 radical (unpaired) electrons. The van der Waals surface area contributed by atoms with Crippen molar-refractivity contribution in [3.8, 4) is 0 Å². The van der Waals surface area contributed by atoms with Gasteiger partial charge in [-0.2, -0.15) is 0 Å². The number of hydrogen-bond acceptors (Lipinski definition) is 6. The number of urea groups is 1. The van der Waals surface area contributed by atoms with Crippen LogP contribution in [0.3, 0.4) is 0 Å². The van der Waals surface area contributed by atoms with E-state index in [1.165, 1.54) is 18.4 Å². The van der Waals surface area contributed by atoms with E-state index in [0.29, 0.717) is 23.4 Å². The molecule has 162 valence electrons. The number of carbonyl (C=O) groups excluding carboxylic acids is 4. The smallest absolute Gasteiger partial charge is 0.341 e. The number of esters is 1. The SMILES string of the molecule is COC(=O)c1c(NC(=O)CCN2C(=O)NC3(CCCC3)C2=O)sc2c1CCCCC2. The number of methoxy groups -OCH3 is 1. The number of nitrogens with zero attached hydrogens (tertiary/aromatic N) is 1. The van der Waals surface area contributed by atoms with Gasteiger partial charge < -0.3 is 15.4 Å². The largest absolute Gasteiger partial charge is 0.465 e. The van der Waals surface area contributed by atoms with Crippen molar-refractivity contribution in [3.63, 3.8) is 0 Å². The monoisotopic (exact) mass is 433 g/mol. The number of imide groups is 1. The standard InChI is InChI=1S/C21H27N3O5S/c1-29-18(26)16-13-7-3-2-4-8-14(13)30-17(16)22-15(25)9-12-24-19(27)21(23-20(24)28)10-5-6-11-21/h2-12H2,1H3,(H,22,25)(H,23,28). The lowest BCUT2D eigenvalue weighted by molar-refractivity contribution is -0.131. The molecule has 4 rings (SSSR count). The van der Waals surface area contributed by atoms with Gasteiger partial charge in [-0.15, -0.1) is 11.3 Å². The lowest BCUT2D eigenvalue weighted by Gasteiger charge is -2.19. The Morgan fingerprint density at radius 2 is 1.87 bits per heavy atom. The van der Waals surface area contributed by atoms with E-state index < -0.39 is 17.5 Å². The molecule has 1 aromatic rings. The molecule has 9 heteroatoms. The Hall–Kier alpha value is -2.42. The molecule has 1 saturated heterocycles. The summed E-state index contributed by atoms with van der Waals surface area (Å²) < 4.78 is 4.96. The first kappa shape index (κ1) is 20.8. The Kier molecular flexibility index (Phi) is 5.81. The molecule has 2 N–H and O–H groups in total. The number of amides is 4. The van der Waals surface area contributed by atoms with Crippen LogP contribution in [-0.4, -0.2) is 47.9 Å². The van der Waals surface area contributed by atoms with Crippen LogP contribution in [0.1, 0.15) is 72.2 Å². The summed E-state index contributed by atoms with van der Waals surface area (Å²) in [6.07, 6.45) is 8.02. The van der Waals surface area contributed by atoms with Crippen LogP contribution < -0.4 is 10.6 Å². The van der Waals surface area contributed by atoms with Crippen LogP contribution in [0.25, 0.3) is 0 Å². The average Bonchev–Trinajstić information content (AvgIpc) is 3.33. The van der Waals surface area contributed by atoms with Crippen LogP contribution in [0, 0.1) is 0 Å². The number of anilines is 1. The molecule has 0 bridgehead atoms. The van der Waals surface area contributed by atoms with Crippen LogP contribution in [-0.2, 0) is 27.2 Å². The molecule has 1 saturated carbocycles. The van der Waals surface area contributed by atoms with Gasteiger partial charge in [-0.25, -0.2) is 9.59 Å². The highest BCUT2D eigenvalue weighted by Gasteiger charge is 2.52. The molecule has 0 atom stereocenters. The summed E-state index contributed by atoms with van der Waals surface area (Å²) in [6.45, 7) is 0.0247. The Bertz CT molecular complexity index is 887. The van der Waals surface area contributed by atoms with Crippen LogP contribution in [0.15, 0.2) is 0 Å². The van der Waals surface area contributed by atoms with E-state index in [1.807, 2.05) is 0 Å². The summed E-state index contributed by atoms with van der Waals surface area (Å²) in [6, 6.07) is -0.423. The van der Waals surface area contributed by atoms with Crippen molar-refractivity contribution in [1.82, 2.24) is 10.2 Å². The van der Waals surface area contributed by atoms with Gasteiger partial charge in [-0.1, -0.05) is 19.3 Å². The summed E-state index contributed by atoms with van der Waals surface area (Å²) in [7, 11) is 1.34. The molecule has 4 amide bonds. The third-order valence-electron chi connectivity index (χ3n) is 6.33. The third kappa shape index (κ3) is 3.71. The van der Waals surface area contributed by atoms with E-state index in [9.17, 15) is 19.2 Å². The molecule has 1 spiro atoms. The van der Waals surface area contributed by atoms with E-state index in [0.717, 1.165) is 60.3 Å². The molecule has 30 heavy (non-hydrogen) atoms. The van der Waals surface area contributed by atoms with Gasteiger partial charge in [0, 0.05) is 17.8 Å². The van der Waals surface area contributed by atoms with E-state index in [2.05, 4.69) is 10.6 Å². The fourth-order valence-corrected chi connectivity index (χ4v) is 6.04. The van der Waals surface area contributed by atoms with Gasteiger partial charge in [-0.05, 0) is 44.1 Å². The number of rotatable bonds is 5. The zero-order valence-corrected chi connectivity index (χ0v) is 18.0. The Morgan fingerprint density at radius 3 is 2.60 bits per heavy atom. The molecule has 1 aliphatic heterocycles. The number of ether oxygens (including phenoxy) is 1.